The Kier molecular flexibility index (Phi) is 7.94. The molecule has 0 fully saturated rings. The molecule has 0 saturated heterocycles. The van der Waals surface area contributed by atoms with Gasteiger partial charge in [0.15, 0.2) is 0 Å². The topological polar surface area (TPSA) is 102 Å². The van der Waals surface area contributed by atoms with Gasteiger partial charge in [0.2, 0.25) is 5.91 Å². The number of rotatable bonds is 9. The first-order chi connectivity index (χ1) is 13.9. The summed E-state index contributed by atoms with van der Waals surface area (Å²) in [6, 6.07) is 6.99. The molecular formula is C21H28N4O4. The summed E-state index contributed by atoms with van der Waals surface area (Å²) in [5, 5.41) is 9.88. The Morgan fingerprint density at radius 2 is 1.79 bits per heavy atom. The summed E-state index contributed by atoms with van der Waals surface area (Å²) in [7, 11) is 1.38. The number of amides is 2. The van der Waals surface area contributed by atoms with Crippen LogP contribution < -0.4 is 10.6 Å². The summed E-state index contributed by atoms with van der Waals surface area (Å²) in [6.07, 6.45) is 1.71. The Morgan fingerprint density at radius 1 is 1.10 bits per heavy atom. The lowest BCUT2D eigenvalue weighted by Gasteiger charge is -2.08. The van der Waals surface area contributed by atoms with E-state index in [-0.39, 0.29) is 24.3 Å². The molecule has 0 aliphatic carbocycles. The highest BCUT2D eigenvalue weighted by Crippen LogP contribution is 2.20. The van der Waals surface area contributed by atoms with Crippen molar-refractivity contribution < 1.29 is 19.1 Å². The molecule has 0 bridgehead atoms. The molecule has 2 aromatic rings. The molecule has 0 saturated carbocycles. The van der Waals surface area contributed by atoms with Gasteiger partial charge in [0.1, 0.15) is 0 Å². The van der Waals surface area contributed by atoms with Crippen molar-refractivity contribution in [3.8, 4) is 5.69 Å². The molecule has 2 rings (SSSR count). The number of hydrogen-bond acceptors (Lipinski definition) is 5. The van der Waals surface area contributed by atoms with E-state index in [4.69, 9.17) is 4.74 Å². The van der Waals surface area contributed by atoms with Crippen molar-refractivity contribution in [3.63, 3.8) is 0 Å². The van der Waals surface area contributed by atoms with Crippen LogP contribution in [0.3, 0.4) is 0 Å². The largest absolute Gasteiger partial charge is 0.469 e. The first-order valence-electron chi connectivity index (χ1n) is 9.64. The minimum absolute atomic E-state index is 0.0540. The molecule has 0 spiro atoms. The predicted molar refractivity (Wildman–Crippen MR) is 109 cm³/mol. The number of carbonyl (C=O) groups is 3. The predicted octanol–water partition coefficient (Wildman–Crippen LogP) is 1.85. The molecule has 1 aromatic heterocycles. The zero-order valence-corrected chi connectivity index (χ0v) is 17.4. The molecule has 0 aliphatic heterocycles. The Balaban J connectivity index is 2.05. The average Bonchev–Trinajstić information content (AvgIpc) is 3.02. The SMILES string of the molecule is CCCNC(=O)CNC(=O)c1ccc(-n2nc(C)c(CCC(=O)OC)c2C)cc1. The third-order valence-corrected chi connectivity index (χ3v) is 4.60. The third-order valence-electron chi connectivity index (χ3n) is 4.60. The van der Waals surface area contributed by atoms with Gasteiger partial charge in [0, 0.05) is 24.2 Å². The number of nitrogens with zero attached hydrogens (tertiary/aromatic N) is 2. The number of esters is 1. The number of carbonyl (C=O) groups excluding carboxylic acids is 3. The maximum absolute atomic E-state index is 12.2. The van der Waals surface area contributed by atoms with Crippen LogP contribution in [0.4, 0.5) is 0 Å². The normalized spacial score (nSPS) is 10.5. The van der Waals surface area contributed by atoms with Crippen LogP contribution in [0.5, 0.6) is 0 Å². The molecule has 2 N–H and O–H groups in total. The van der Waals surface area contributed by atoms with E-state index in [2.05, 4.69) is 15.7 Å². The van der Waals surface area contributed by atoms with Crippen LogP contribution in [-0.4, -0.2) is 47.8 Å². The van der Waals surface area contributed by atoms with Gasteiger partial charge < -0.3 is 15.4 Å². The highest BCUT2D eigenvalue weighted by Gasteiger charge is 2.15. The van der Waals surface area contributed by atoms with E-state index < -0.39 is 0 Å². The number of nitrogens with one attached hydrogen (secondary N) is 2. The Hall–Kier alpha value is -3.16. The van der Waals surface area contributed by atoms with Crippen molar-refractivity contribution in [1.82, 2.24) is 20.4 Å². The molecule has 2 amide bonds. The summed E-state index contributed by atoms with van der Waals surface area (Å²) < 4.78 is 6.50. The van der Waals surface area contributed by atoms with Crippen LogP contribution in [0.25, 0.3) is 5.69 Å². The van der Waals surface area contributed by atoms with Gasteiger partial charge in [0.25, 0.3) is 5.91 Å². The maximum Gasteiger partial charge on any atom is 0.305 e. The van der Waals surface area contributed by atoms with Crippen LogP contribution in [0.2, 0.25) is 0 Å². The van der Waals surface area contributed by atoms with Gasteiger partial charge in [0.05, 0.1) is 25.0 Å². The fourth-order valence-electron chi connectivity index (χ4n) is 2.96. The quantitative estimate of drug-likeness (QED) is 0.626. The van der Waals surface area contributed by atoms with Gasteiger partial charge in [-0.1, -0.05) is 6.92 Å². The fraction of sp³-hybridized carbons (Fsp3) is 0.429. The summed E-state index contributed by atoms with van der Waals surface area (Å²) in [5.74, 6) is -0.774. The van der Waals surface area contributed by atoms with Crippen molar-refractivity contribution in [3.05, 3.63) is 46.8 Å². The Labute approximate surface area is 170 Å². The average molecular weight is 400 g/mol. The van der Waals surface area contributed by atoms with E-state index in [0.29, 0.717) is 24.9 Å². The molecular weight excluding hydrogens is 372 g/mol. The van der Waals surface area contributed by atoms with Crippen LogP contribution in [0, 0.1) is 13.8 Å². The van der Waals surface area contributed by atoms with Crippen molar-refractivity contribution in [2.75, 3.05) is 20.2 Å². The summed E-state index contributed by atoms with van der Waals surface area (Å²) in [4.78, 5) is 35.2. The smallest absolute Gasteiger partial charge is 0.305 e. The summed E-state index contributed by atoms with van der Waals surface area (Å²) >= 11 is 0. The van der Waals surface area contributed by atoms with E-state index in [1.165, 1.54) is 7.11 Å². The number of aryl methyl sites for hydroxylation is 1. The zero-order chi connectivity index (χ0) is 21.4. The molecule has 1 heterocycles. The number of hydrogen-bond donors (Lipinski definition) is 2. The molecule has 1 aromatic carbocycles. The van der Waals surface area contributed by atoms with Gasteiger partial charge in [-0.3, -0.25) is 14.4 Å². The van der Waals surface area contributed by atoms with Crippen LogP contribution in [-0.2, 0) is 20.7 Å². The van der Waals surface area contributed by atoms with Gasteiger partial charge in [-0.15, -0.1) is 0 Å². The molecule has 0 atom stereocenters. The van der Waals surface area contributed by atoms with Crippen molar-refractivity contribution >= 4 is 17.8 Å². The van der Waals surface area contributed by atoms with Gasteiger partial charge >= 0.3 is 5.97 Å². The van der Waals surface area contributed by atoms with E-state index in [1.807, 2.05) is 20.8 Å². The second-order valence-corrected chi connectivity index (χ2v) is 6.72. The Bertz CT molecular complexity index is 872. The minimum atomic E-state index is -0.310. The lowest BCUT2D eigenvalue weighted by Crippen LogP contribution is -2.37. The lowest BCUT2D eigenvalue weighted by atomic mass is 10.1. The molecule has 0 unspecified atom stereocenters. The van der Waals surface area contributed by atoms with E-state index >= 15 is 0 Å². The van der Waals surface area contributed by atoms with E-state index in [1.54, 1.807) is 28.9 Å². The van der Waals surface area contributed by atoms with Crippen molar-refractivity contribution in [1.29, 1.82) is 0 Å². The van der Waals surface area contributed by atoms with Gasteiger partial charge in [-0.05, 0) is 56.5 Å². The van der Waals surface area contributed by atoms with Gasteiger partial charge in [-0.25, -0.2) is 4.68 Å². The fourth-order valence-corrected chi connectivity index (χ4v) is 2.96. The van der Waals surface area contributed by atoms with Crippen LogP contribution >= 0.6 is 0 Å². The molecule has 29 heavy (non-hydrogen) atoms. The third kappa shape index (κ3) is 5.91. The number of benzene rings is 1. The number of methoxy groups -OCH3 is 1. The number of aromatic nitrogens is 2. The van der Waals surface area contributed by atoms with E-state index in [0.717, 1.165) is 29.1 Å². The second-order valence-electron chi connectivity index (χ2n) is 6.72. The molecule has 156 valence electrons. The summed E-state index contributed by atoms with van der Waals surface area (Å²) in [6.45, 7) is 6.35. The highest BCUT2D eigenvalue weighted by molar-refractivity contribution is 5.96. The van der Waals surface area contributed by atoms with E-state index in [9.17, 15) is 14.4 Å². The standard InChI is InChI=1S/C21H28N4O4/c1-5-12-22-19(26)13-23-21(28)16-6-8-17(9-7-16)25-15(3)18(14(2)24-25)10-11-20(27)29-4/h6-9H,5,10-13H2,1-4H3,(H,22,26)(H,23,28). The van der Waals surface area contributed by atoms with Gasteiger partial charge in [-0.2, -0.15) is 5.10 Å². The Morgan fingerprint density at radius 3 is 2.41 bits per heavy atom. The minimum Gasteiger partial charge on any atom is -0.469 e. The molecule has 8 heteroatoms. The number of ether oxygens (including phenoxy) is 1. The molecule has 0 aliphatic rings. The van der Waals surface area contributed by atoms with Crippen LogP contribution in [0.15, 0.2) is 24.3 Å². The second kappa shape index (κ2) is 10.4. The zero-order valence-electron chi connectivity index (χ0n) is 17.4. The molecule has 0 radical (unpaired) electrons. The lowest BCUT2D eigenvalue weighted by molar-refractivity contribution is -0.140. The first-order valence-corrected chi connectivity index (χ1v) is 9.64. The van der Waals surface area contributed by atoms with Crippen LogP contribution in [0.1, 0.15) is 47.1 Å². The monoisotopic (exact) mass is 400 g/mol. The van der Waals surface area contributed by atoms with Crippen molar-refractivity contribution in [2.24, 2.45) is 0 Å². The highest BCUT2D eigenvalue weighted by atomic mass is 16.5. The maximum atomic E-state index is 12.2. The summed E-state index contributed by atoms with van der Waals surface area (Å²) in [5.41, 5.74) is 4.08. The first kappa shape index (κ1) is 22.1. The van der Waals surface area contributed by atoms with Crippen molar-refractivity contribution in [2.45, 2.75) is 40.0 Å². The molecule has 8 nitrogen and oxygen atoms in total.